The summed E-state index contributed by atoms with van der Waals surface area (Å²) in [6.07, 6.45) is 6.32. The van der Waals surface area contributed by atoms with E-state index in [4.69, 9.17) is 0 Å². The first kappa shape index (κ1) is 19.1. The Kier molecular flexibility index (Phi) is 5.84. The summed E-state index contributed by atoms with van der Waals surface area (Å²) in [4.78, 5) is 25.8. The molecule has 4 rings (SSSR count). The number of fused-ring (bicyclic) bond motifs is 1. The normalized spacial score (nSPS) is 21.0. The maximum absolute atomic E-state index is 13.1. The van der Waals surface area contributed by atoms with Gasteiger partial charge in [0.25, 0.3) is 5.91 Å². The number of hydrogen-bond acceptors (Lipinski definition) is 4. The van der Waals surface area contributed by atoms with Crippen molar-refractivity contribution in [2.75, 3.05) is 6.67 Å². The largest absolute Gasteiger partial charge is 0.340 e. The van der Waals surface area contributed by atoms with Crippen LogP contribution in [-0.2, 0) is 11.2 Å². The summed E-state index contributed by atoms with van der Waals surface area (Å²) in [5, 5.41) is 12.6. The van der Waals surface area contributed by atoms with Crippen molar-refractivity contribution in [1.82, 2.24) is 21.3 Å². The highest BCUT2D eigenvalue weighted by Gasteiger charge is 2.31. The topological polar surface area (TPSA) is 82.3 Å². The highest BCUT2D eigenvalue weighted by molar-refractivity contribution is 5.97. The molecule has 148 valence electrons. The zero-order valence-corrected chi connectivity index (χ0v) is 16.0. The average Bonchev–Trinajstić information content (AvgIpc) is 3.24. The molecule has 0 saturated carbocycles. The van der Waals surface area contributed by atoms with E-state index in [-0.39, 0.29) is 23.9 Å². The van der Waals surface area contributed by atoms with Crippen LogP contribution in [0.4, 0.5) is 0 Å². The third-order valence-corrected chi connectivity index (χ3v) is 5.16. The lowest BCUT2D eigenvalue weighted by Gasteiger charge is -2.25. The maximum Gasteiger partial charge on any atom is 0.251 e. The lowest BCUT2D eigenvalue weighted by molar-refractivity contribution is -0.122. The smallest absolute Gasteiger partial charge is 0.251 e. The molecule has 29 heavy (non-hydrogen) atoms. The summed E-state index contributed by atoms with van der Waals surface area (Å²) in [5.74, 6) is -0.495. The van der Waals surface area contributed by atoms with Gasteiger partial charge in [0.05, 0.1) is 6.04 Å². The summed E-state index contributed by atoms with van der Waals surface area (Å²) >= 11 is 0. The van der Waals surface area contributed by atoms with Gasteiger partial charge in [0.15, 0.2) is 0 Å². The first-order chi connectivity index (χ1) is 14.2. The van der Waals surface area contributed by atoms with Crippen LogP contribution in [0.25, 0.3) is 0 Å². The minimum Gasteiger partial charge on any atom is -0.340 e. The van der Waals surface area contributed by atoms with Crippen molar-refractivity contribution in [3.05, 3.63) is 95.7 Å². The molecule has 3 atom stereocenters. The second-order valence-electron chi connectivity index (χ2n) is 7.17. The number of allylic oxidation sites excluding steroid dienone is 2. The first-order valence-corrected chi connectivity index (χ1v) is 9.76. The van der Waals surface area contributed by atoms with Gasteiger partial charge in [0.1, 0.15) is 6.04 Å². The van der Waals surface area contributed by atoms with Gasteiger partial charge in [0, 0.05) is 30.4 Å². The van der Waals surface area contributed by atoms with Crippen LogP contribution in [0.15, 0.2) is 84.6 Å². The molecular formula is C23H24N4O2. The first-order valence-electron chi connectivity index (χ1n) is 9.76. The van der Waals surface area contributed by atoms with Crippen molar-refractivity contribution < 1.29 is 9.59 Å². The molecule has 1 heterocycles. The molecule has 3 unspecified atom stereocenters. The highest BCUT2D eigenvalue weighted by atomic mass is 16.2. The van der Waals surface area contributed by atoms with E-state index in [9.17, 15) is 9.59 Å². The molecule has 0 aromatic heterocycles. The van der Waals surface area contributed by atoms with E-state index in [1.807, 2.05) is 48.6 Å². The summed E-state index contributed by atoms with van der Waals surface area (Å²) in [6, 6.07) is 18.1. The molecule has 6 heteroatoms. The number of rotatable bonds is 6. The van der Waals surface area contributed by atoms with E-state index in [0.29, 0.717) is 18.7 Å². The van der Waals surface area contributed by atoms with Crippen molar-refractivity contribution in [1.29, 1.82) is 0 Å². The Morgan fingerprint density at radius 1 is 1.00 bits per heavy atom. The van der Waals surface area contributed by atoms with Crippen LogP contribution < -0.4 is 21.3 Å². The maximum atomic E-state index is 13.1. The van der Waals surface area contributed by atoms with Crippen molar-refractivity contribution in [3.63, 3.8) is 0 Å². The van der Waals surface area contributed by atoms with Gasteiger partial charge in [-0.3, -0.25) is 20.2 Å². The van der Waals surface area contributed by atoms with Crippen LogP contribution >= 0.6 is 0 Å². The average molecular weight is 388 g/mol. The lowest BCUT2D eigenvalue weighted by atomic mass is 10.00. The molecule has 2 aromatic rings. The fourth-order valence-electron chi connectivity index (χ4n) is 3.64. The fourth-order valence-corrected chi connectivity index (χ4v) is 3.64. The molecule has 2 aromatic carbocycles. The van der Waals surface area contributed by atoms with Crippen LogP contribution in [0.2, 0.25) is 0 Å². The van der Waals surface area contributed by atoms with E-state index in [0.717, 1.165) is 11.3 Å². The Balaban J connectivity index is 1.51. The predicted octanol–water partition coefficient (Wildman–Crippen LogP) is 1.49. The molecule has 2 amide bonds. The molecule has 0 radical (unpaired) electrons. The third-order valence-electron chi connectivity index (χ3n) is 5.16. The lowest BCUT2D eigenvalue weighted by Crippen LogP contribution is -2.51. The van der Waals surface area contributed by atoms with Gasteiger partial charge in [-0.05, 0) is 23.8 Å². The Hall–Kier alpha value is -3.22. The second kappa shape index (κ2) is 8.86. The Bertz CT molecular complexity index is 924. The molecule has 1 aliphatic heterocycles. The summed E-state index contributed by atoms with van der Waals surface area (Å²) in [6.45, 7) is 0.686. The van der Waals surface area contributed by atoms with E-state index in [2.05, 4.69) is 27.3 Å². The summed E-state index contributed by atoms with van der Waals surface area (Å²) < 4.78 is 0. The highest BCUT2D eigenvalue weighted by Crippen LogP contribution is 2.15. The second-order valence-corrected chi connectivity index (χ2v) is 7.17. The minimum atomic E-state index is -0.690. The van der Waals surface area contributed by atoms with Crippen LogP contribution in [0, 0.1) is 0 Å². The Morgan fingerprint density at radius 2 is 1.72 bits per heavy atom. The molecular weight excluding hydrogens is 364 g/mol. The fraction of sp³-hybridized carbons (Fsp3) is 0.217. The zero-order valence-electron chi connectivity index (χ0n) is 16.0. The van der Waals surface area contributed by atoms with E-state index in [1.54, 1.807) is 24.3 Å². The molecule has 6 nitrogen and oxygen atoms in total. The van der Waals surface area contributed by atoms with Crippen molar-refractivity contribution in [3.8, 4) is 0 Å². The number of amides is 2. The monoisotopic (exact) mass is 388 g/mol. The number of hydrogen-bond donors (Lipinski definition) is 4. The standard InChI is InChI=1S/C23H24N4O2/c28-22(17-10-5-2-6-11-17)27-20(14-16-8-3-1-4-9-16)23(29)26-19-13-7-12-18-21(19)25-15-24-18/h1-13,18,20-21,24-25H,14-15H2,(H,26,29)(H,27,28). The van der Waals surface area contributed by atoms with Crippen molar-refractivity contribution in [2.24, 2.45) is 0 Å². The SMILES string of the molecule is O=C(NC(Cc1ccccc1)C(=O)NC1=CC=CC2NCNC12)c1ccccc1. The molecule has 1 fully saturated rings. The quantitative estimate of drug-likeness (QED) is 0.604. The molecule has 2 aliphatic rings. The van der Waals surface area contributed by atoms with Gasteiger partial charge in [-0.1, -0.05) is 60.7 Å². The summed E-state index contributed by atoms with van der Waals surface area (Å²) in [7, 11) is 0. The van der Waals surface area contributed by atoms with Crippen LogP contribution in [0.3, 0.4) is 0 Å². The molecule has 1 saturated heterocycles. The predicted molar refractivity (Wildman–Crippen MR) is 112 cm³/mol. The number of nitrogens with one attached hydrogen (secondary N) is 4. The van der Waals surface area contributed by atoms with E-state index in [1.165, 1.54) is 0 Å². The Morgan fingerprint density at radius 3 is 2.48 bits per heavy atom. The van der Waals surface area contributed by atoms with Crippen LogP contribution in [0.1, 0.15) is 15.9 Å². The van der Waals surface area contributed by atoms with Crippen molar-refractivity contribution in [2.45, 2.75) is 24.5 Å². The van der Waals surface area contributed by atoms with Gasteiger partial charge in [0.2, 0.25) is 5.91 Å². The number of carbonyl (C=O) groups is 2. The molecule has 0 bridgehead atoms. The number of carbonyl (C=O) groups excluding carboxylic acids is 2. The zero-order chi connectivity index (χ0) is 20.1. The van der Waals surface area contributed by atoms with Crippen LogP contribution in [-0.4, -0.2) is 36.6 Å². The van der Waals surface area contributed by atoms with E-state index >= 15 is 0 Å². The Labute approximate surface area is 170 Å². The van der Waals surface area contributed by atoms with Crippen LogP contribution in [0.5, 0.6) is 0 Å². The molecule has 0 spiro atoms. The van der Waals surface area contributed by atoms with Gasteiger partial charge >= 0.3 is 0 Å². The van der Waals surface area contributed by atoms with Gasteiger partial charge in [-0.25, -0.2) is 0 Å². The van der Waals surface area contributed by atoms with Gasteiger partial charge in [-0.15, -0.1) is 0 Å². The molecule has 1 aliphatic carbocycles. The summed E-state index contributed by atoms with van der Waals surface area (Å²) in [5.41, 5.74) is 2.32. The van der Waals surface area contributed by atoms with Gasteiger partial charge in [-0.2, -0.15) is 0 Å². The molecule has 4 N–H and O–H groups in total. The third kappa shape index (κ3) is 4.62. The van der Waals surface area contributed by atoms with Crippen molar-refractivity contribution >= 4 is 11.8 Å². The van der Waals surface area contributed by atoms with Gasteiger partial charge < -0.3 is 10.6 Å². The van der Waals surface area contributed by atoms with E-state index < -0.39 is 6.04 Å². The number of benzene rings is 2. The minimum absolute atomic E-state index is 0.0196.